The average Bonchev–Trinajstić information content (AvgIpc) is 2.98. The normalized spacial score (nSPS) is 9.96. The van der Waals surface area contributed by atoms with Gasteiger partial charge < -0.3 is 9.73 Å². The highest BCUT2D eigenvalue weighted by Gasteiger charge is 2.12. The third-order valence-corrected chi connectivity index (χ3v) is 3.18. The van der Waals surface area contributed by atoms with Crippen molar-refractivity contribution in [2.24, 2.45) is 0 Å². The van der Waals surface area contributed by atoms with Crippen LogP contribution in [0.5, 0.6) is 0 Å². The summed E-state index contributed by atoms with van der Waals surface area (Å²) in [4.78, 5) is 34.9. The van der Waals surface area contributed by atoms with Crippen molar-refractivity contribution in [1.29, 1.82) is 0 Å². The first-order chi connectivity index (χ1) is 11.0. The number of carbonyl (C=O) groups is 3. The van der Waals surface area contributed by atoms with Gasteiger partial charge in [0.15, 0.2) is 10.4 Å². The summed E-state index contributed by atoms with van der Waals surface area (Å²) < 4.78 is 5.44. The van der Waals surface area contributed by atoms with E-state index in [0.717, 1.165) is 0 Å². The Morgan fingerprint density at radius 1 is 0.913 bits per heavy atom. The summed E-state index contributed by atoms with van der Waals surface area (Å²) in [6.45, 7) is 0. The van der Waals surface area contributed by atoms with E-state index in [-0.39, 0.29) is 24.5 Å². The van der Waals surface area contributed by atoms with Gasteiger partial charge in [-0.3, -0.25) is 25.2 Å². The summed E-state index contributed by atoms with van der Waals surface area (Å²) in [5.74, 6) is -1.29. The minimum Gasteiger partial charge on any atom is -0.444 e. The lowest BCUT2D eigenvalue weighted by Gasteiger charge is -2.07. The molecule has 0 unspecified atom stereocenters. The van der Waals surface area contributed by atoms with Crippen LogP contribution in [-0.2, 0) is 9.59 Å². The van der Waals surface area contributed by atoms with Crippen molar-refractivity contribution in [2.45, 2.75) is 12.8 Å². The van der Waals surface area contributed by atoms with Crippen LogP contribution in [0.2, 0.25) is 0 Å². The van der Waals surface area contributed by atoms with Gasteiger partial charge in [-0.25, -0.2) is 0 Å². The summed E-state index contributed by atoms with van der Waals surface area (Å²) in [5, 5.41) is 2.66. The Morgan fingerprint density at radius 2 is 1.61 bits per heavy atom. The first-order valence-electron chi connectivity index (χ1n) is 6.74. The summed E-state index contributed by atoms with van der Waals surface area (Å²) >= 11 is 3.07. The lowest BCUT2D eigenvalue weighted by atomic mass is 10.2. The molecule has 120 valence electrons. The van der Waals surface area contributed by atoms with Crippen molar-refractivity contribution in [3.63, 3.8) is 0 Å². The van der Waals surface area contributed by atoms with Gasteiger partial charge in [-0.1, -0.05) is 18.2 Å². The van der Waals surface area contributed by atoms with Crippen LogP contribution in [-0.4, -0.2) is 17.7 Å². The van der Waals surface area contributed by atoms with E-state index < -0.39 is 11.8 Å². The van der Waals surface area contributed by atoms with E-state index in [0.29, 0.717) is 10.4 Å². The number of carbonyl (C=O) groups excluding carboxylic acids is 3. The van der Waals surface area contributed by atoms with Gasteiger partial charge in [0, 0.05) is 18.5 Å². The molecule has 0 atom stereocenters. The van der Waals surface area contributed by atoms with Crippen LogP contribution in [0.3, 0.4) is 0 Å². The van der Waals surface area contributed by atoms with Gasteiger partial charge in [0.25, 0.3) is 0 Å². The molecule has 3 amide bonds. The van der Waals surface area contributed by atoms with Crippen LogP contribution in [0.25, 0.3) is 0 Å². The Morgan fingerprint density at radius 3 is 2.26 bits per heavy atom. The smallest absolute Gasteiger partial charge is 0.305 e. The third-order valence-electron chi connectivity index (χ3n) is 2.75. The minimum atomic E-state index is -0.585. The Bertz CT molecular complexity index is 700. The first-order valence-corrected chi connectivity index (χ1v) is 7.53. The Hall–Kier alpha value is -2.61. The summed E-state index contributed by atoms with van der Waals surface area (Å²) in [6.07, 6.45) is -0.0519. The second kappa shape index (κ2) is 8.14. The molecule has 7 nitrogen and oxygen atoms in total. The van der Waals surface area contributed by atoms with Gasteiger partial charge in [-0.15, -0.1) is 0 Å². The Balaban J connectivity index is 1.68. The topological polar surface area (TPSA) is 100 Å². The molecule has 0 saturated heterocycles. The van der Waals surface area contributed by atoms with E-state index >= 15 is 0 Å². The van der Waals surface area contributed by atoms with E-state index in [1.807, 2.05) is 6.07 Å². The summed E-state index contributed by atoms with van der Waals surface area (Å²) in [7, 11) is 0. The molecular formula is C15H14BrN3O4. The average molecular weight is 380 g/mol. The molecule has 0 radical (unpaired) electrons. The molecule has 2 rings (SSSR count). The van der Waals surface area contributed by atoms with Crippen LogP contribution in [0.15, 0.2) is 51.6 Å². The van der Waals surface area contributed by atoms with Gasteiger partial charge in [-0.05, 0) is 40.2 Å². The standard InChI is InChI=1S/C15H14BrN3O4/c16-12-7-6-11(23-12)15(22)19-18-14(21)9-8-13(20)17-10-4-2-1-3-5-10/h1-7H,8-9H2,(H,17,20)(H,18,21)(H,19,22). The number of nitrogens with one attached hydrogen (secondary N) is 3. The molecule has 2 aromatic rings. The number of hydrogen-bond acceptors (Lipinski definition) is 4. The Labute approximate surface area is 140 Å². The highest BCUT2D eigenvalue weighted by molar-refractivity contribution is 9.10. The second-order valence-electron chi connectivity index (χ2n) is 4.52. The third kappa shape index (κ3) is 5.59. The van der Waals surface area contributed by atoms with E-state index in [1.165, 1.54) is 6.07 Å². The molecule has 0 aliphatic carbocycles. The molecule has 0 fully saturated rings. The van der Waals surface area contributed by atoms with Crippen molar-refractivity contribution >= 4 is 39.3 Å². The molecule has 0 bridgehead atoms. The molecule has 23 heavy (non-hydrogen) atoms. The number of hydrogen-bond donors (Lipinski definition) is 3. The number of hydrazine groups is 1. The SMILES string of the molecule is O=C(CCC(=O)Nc1ccccc1)NNC(=O)c1ccc(Br)o1. The quantitative estimate of drug-likeness (QED) is 0.693. The number of anilines is 1. The molecule has 1 heterocycles. The molecule has 1 aromatic carbocycles. The molecular weight excluding hydrogens is 366 g/mol. The fourth-order valence-corrected chi connectivity index (χ4v) is 1.97. The van der Waals surface area contributed by atoms with Gasteiger partial charge in [0.1, 0.15) is 0 Å². The van der Waals surface area contributed by atoms with Gasteiger partial charge in [0.05, 0.1) is 0 Å². The Kier molecular flexibility index (Phi) is 5.93. The van der Waals surface area contributed by atoms with Gasteiger partial charge >= 0.3 is 5.91 Å². The highest BCUT2D eigenvalue weighted by Crippen LogP contribution is 2.13. The van der Waals surface area contributed by atoms with Gasteiger partial charge in [0.2, 0.25) is 11.8 Å². The largest absolute Gasteiger partial charge is 0.444 e. The maximum atomic E-state index is 11.7. The number of halogens is 1. The predicted octanol–water partition coefficient (Wildman–Crippen LogP) is 2.22. The van der Waals surface area contributed by atoms with Crippen molar-refractivity contribution in [3.8, 4) is 0 Å². The van der Waals surface area contributed by atoms with E-state index in [1.54, 1.807) is 30.3 Å². The summed E-state index contributed by atoms with van der Waals surface area (Å²) in [5.41, 5.74) is 5.08. The highest BCUT2D eigenvalue weighted by atomic mass is 79.9. The van der Waals surface area contributed by atoms with Crippen molar-refractivity contribution in [1.82, 2.24) is 10.9 Å². The fraction of sp³-hybridized carbons (Fsp3) is 0.133. The van der Waals surface area contributed by atoms with Crippen molar-refractivity contribution in [3.05, 3.63) is 52.9 Å². The zero-order chi connectivity index (χ0) is 16.7. The molecule has 0 aliphatic rings. The number of amides is 3. The first kappa shape index (κ1) is 16.8. The van der Waals surface area contributed by atoms with Gasteiger partial charge in [-0.2, -0.15) is 0 Å². The fourth-order valence-electron chi connectivity index (χ4n) is 1.66. The summed E-state index contributed by atoms with van der Waals surface area (Å²) in [6, 6.07) is 11.9. The lowest BCUT2D eigenvalue weighted by Crippen LogP contribution is -2.41. The number of benzene rings is 1. The molecule has 0 spiro atoms. The van der Waals surface area contributed by atoms with Crippen LogP contribution in [0, 0.1) is 0 Å². The minimum absolute atomic E-state index is 0.00288. The maximum absolute atomic E-state index is 11.7. The molecule has 8 heteroatoms. The second-order valence-corrected chi connectivity index (χ2v) is 5.30. The zero-order valence-corrected chi connectivity index (χ0v) is 13.6. The molecule has 0 saturated carbocycles. The zero-order valence-electron chi connectivity index (χ0n) is 12.0. The molecule has 0 aliphatic heterocycles. The van der Waals surface area contributed by atoms with Crippen LogP contribution in [0.4, 0.5) is 5.69 Å². The number of furan rings is 1. The van der Waals surface area contributed by atoms with Crippen LogP contribution >= 0.6 is 15.9 Å². The monoisotopic (exact) mass is 379 g/mol. The van der Waals surface area contributed by atoms with Crippen LogP contribution in [0.1, 0.15) is 23.4 Å². The van der Waals surface area contributed by atoms with Crippen molar-refractivity contribution in [2.75, 3.05) is 5.32 Å². The van der Waals surface area contributed by atoms with Crippen molar-refractivity contribution < 1.29 is 18.8 Å². The van der Waals surface area contributed by atoms with Crippen LogP contribution < -0.4 is 16.2 Å². The predicted molar refractivity (Wildman–Crippen MR) is 86.3 cm³/mol. The molecule has 1 aromatic heterocycles. The van der Waals surface area contributed by atoms with E-state index in [2.05, 4.69) is 32.1 Å². The lowest BCUT2D eigenvalue weighted by molar-refractivity contribution is -0.124. The number of para-hydroxylation sites is 1. The molecule has 3 N–H and O–H groups in total. The van der Waals surface area contributed by atoms with E-state index in [9.17, 15) is 14.4 Å². The maximum Gasteiger partial charge on any atom is 0.305 e. The van der Waals surface area contributed by atoms with E-state index in [4.69, 9.17) is 4.42 Å². The number of rotatable bonds is 5.